The van der Waals surface area contributed by atoms with Crippen LogP contribution in [0.25, 0.3) is 0 Å². The largest absolute Gasteiger partial charge is 0.508 e. The van der Waals surface area contributed by atoms with Gasteiger partial charge in [0.05, 0.1) is 12.5 Å². The summed E-state index contributed by atoms with van der Waals surface area (Å²) in [5.41, 5.74) is 1.79. The first-order valence-corrected chi connectivity index (χ1v) is 8.97. The number of rotatable bonds is 5. The Morgan fingerprint density at radius 1 is 1.19 bits per heavy atom. The molecule has 0 aromatic heterocycles. The van der Waals surface area contributed by atoms with Crippen LogP contribution in [0.1, 0.15) is 36.9 Å². The minimum absolute atomic E-state index is 0.0149. The van der Waals surface area contributed by atoms with Crippen LogP contribution in [0.5, 0.6) is 5.75 Å². The first-order valence-electron chi connectivity index (χ1n) is 8.97. The Morgan fingerprint density at radius 3 is 2.69 bits per heavy atom. The number of amides is 2. The van der Waals surface area contributed by atoms with Crippen molar-refractivity contribution in [3.05, 3.63) is 65.7 Å². The van der Waals surface area contributed by atoms with Gasteiger partial charge in [-0.05, 0) is 43.0 Å². The SMILES string of the molecule is CC(NC(=O)C1CCCN1C(=O)Cc1ccccc1)c1cccc(O)c1. The smallest absolute Gasteiger partial charge is 0.243 e. The van der Waals surface area contributed by atoms with Crippen molar-refractivity contribution in [2.45, 2.75) is 38.3 Å². The third kappa shape index (κ3) is 4.23. The molecule has 1 aliphatic rings. The number of nitrogens with zero attached hydrogens (tertiary/aromatic N) is 1. The molecule has 1 saturated heterocycles. The fraction of sp³-hybridized carbons (Fsp3) is 0.333. The lowest BCUT2D eigenvalue weighted by Crippen LogP contribution is -2.47. The van der Waals surface area contributed by atoms with E-state index in [1.54, 1.807) is 23.1 Å². The van der Waals surface area contributed by atoms with Gasteiger partial charge in [0.2, 0.25) is 11.8 Å². The Balaban J connectivity index is 1.63. The Labute approximate surface area is 153 Å². The number of carbonyl (C=O) groups is 2. The first-order chi connectivity index (χ1) is 12.5. The molecule has 2 aromatic carbocycles. The molecule has 136 valence electrons. The summed E-state index contributed by atoms with van der Waals surface area (Å²) < 4.78 is 0. The minimum atomic E-state index is -0.425. The molecule has 1 heterocycles. The predicted molar refractivity (Wildman–Crippen MR) is 99.5 cm³/mol. The lowest BCUT2D eigenvalue weighted by atomic mass is 10.1. The van der Waals surface area contributed by atoms with Gasteiger partial charge in [0, 0.05) is 6.54 Å². The number of aromatic hydroxyl groups is 1. The summed E-state index contributed by atoms with van der Waals surface area (Å²) in [5.74, 6) is 0.0164. The van der Waals surface area contributed by atoms with E-state index in [1.807, 2.05) is 43.3 Å². The van der Waals surface area contributed by atoms with E-state index < -0.39 is 6.04 Å². The maximum atomic E-state index is 12.7. The van der Waals surface area contributed by atoms with Crippen LogP contribution in [0, 0.1) is 0 Å². The van der Waals surface area contributed by atoms with E-state index in [-0.39, 0.29) is 23.6 Å². The van der Waals surface area contributed by atoms with Gasteiger partial charge in [0.1, 0.15) is 11.8 Å². The van der Waals surface area contributed by atoms with Crippen molar-refractivity contribution in [3.8, 4) is 5.75 Å². The molecule has 2 unspecified atom stereocenters. The number of phenols is 1. The van der Waals surface area contributed by atoms with Crippen LogP contribution in [-0.2, 0) is 16.0 Å². The minimum Gasteiger partial charge on any atom is -0.508 e. The number of benzene rings is 2. The summed E-state index contributed by atoms with van der Waals surface area (Å²) >= 11 is 0. The number of nitrogens with one attached hydrogen (secondary N) is 1. The van der Waals surface area contributed by atoms with E-state index >= 15 is 0 Å². The van der Waals surface area contributed by atoms with Crippen LogP contribution in [0.4, 0.5) is 0 Å². The van der Waals surface area contributed by atoms with Crippen LogP contribution < -0.4 is 5.32 Å². The van der Waals surface area contributed by atoms with E-state index in [0.717, 1.165) is 17.5 Å². The zero-order chi connectivity index (χ0) is 18.5. The standard InChI is InChI=1S/C21H24N2O3/c1-15(17-9-5-10-18(24)14-17)22-21(26)19-11-6-12-23(19)20(25)13-16-7-3-2-4-8-16/h2-5,7-10,14-15,19,24H,6,11-13H2,1H3,(H,22,26). The van der Waals surface area contributed by atoms with E-state index in [2.05, 4.69) is 5.32 Å². The van der Waals surface area contributed by atoms with Crippen LogP contribution in [0.15, 0.2) is 54.6 Å². The third-order valence-corrected chi connectivity index (χ3v) is 4.80. The van der Waals surface area contributed by atoms with Crippen LogP contribution in [-0.4, -0.2) is 34.4 Å². The molecule has 0 spiro atoms. The Bertz CT molecular complexity index is 776. The molecule has 2 N–H and O–H groups in total. The van der Waals surface area contributed by atoms with Crippen LogP contribution >= 0.6 is 0 Å². The molecule has 0 bridgehead atoms. The van der Waals surface area contributed by atoms with Gasteiger partial charge in [-0.2, -0.15) is 0 Å². The average Bonchev–Trinajstić information content (AvgIpc) is 3.12. The molecular formula is C21H24N2O3. The van der Waals surface area contributed by atoms with Gasteiger partial charge < -0.3 is 15.3 Å². The van der Waals surface area contributed by atoms with Gasteiger partial charge >= 0.3 is 0 Å². The second-order valence-electron chi connectivity index (χ2n) is 6.73. The van der Waals surface area contributed by atoms with Gasteiger partial charge in [-0.25, -0.2) is 0 Å². The summed E-state index contributed by atoms with van der Waals surface area (Å²) in [6.45, 7) is 2.49. The van der Waals surface area contributed by atoms with Crippen molar-refractivity contribution >= 4 is 11.8 Å². The molecule has 0 radical (unpaired) electrons. The number of carbonyl (C=O) groups excluding carboxylic acids is 2. The Hall–Kier alpha value is -2.82. The predicted octanol–water partition coefficient (Wildman–Crippen LogP) is 2.80. The third-order valence-electron chi connectivity index (χ3n) is 4.80. The van der Waals surface area contributed by atoms with Crippen LogP contribution in [0.3, 0.4) is 0 Å². The fourth-order valence-electron chi connectivity index (χ4n) is 3.40. The Kier molecular flexibility index (Phi) is 5.56. The molecule has 0 saturated carbocycles. The highest BCUT2D eigenvalue weighted by Gasteiger charge is 2.34. The highest BCUT2D eigenvalue weighted by Crippen LogP contribution is 2.22. The zero-order valence-corrected chi connectivity index (χ0v) is 14.9. The zero-order valence-electron chi connectivity index (χ0n) is 14.9. The molecule has 1 aliphatic heterocycles. The maximum Gasteiger partial charge on any atom is 0.243 e. The van der Waals surface area contributed by atoms with Crippen molar-refractivity contribution < 1.29 is 14.7 Å². The van der Waals surface area contributed by atoms with E-state index in [1.165, 1.54) is 0 Å². The topological polar surface area (TPSA) is 69.6 Å². The number of hydrogen-bond donors (Lipinski definition) is 2. The second-order valence-corrected chi connectivity index (χ2v) is 6.73. The normalized spacial score (nSPS) is 17.7. The molecule has 3 rings (SSSR count). The van der Waals surface area contributed by atoms with E-state index in [0.29, 0.717) is 19.4 Å². The van der Waals surface area contributed by atoms with Gasteiger partial charge in [-0.1, -0.05) is 42.5 Å². The molecule has 5 heteroatoms. The number of hydrogen-bond acceptors (Lipinski definition) is 3. The van der Waals surface area contributed by atoms with Gasteiger partial charge in [0.15, 0.2) is 0 Å². The summed E-state index contributed by atoms with van der Waals surface area (Å²) in [6.07, 6.45) is 1.82. The monoisotopic (exact) mass is 352 g/mol. The molecular weight excluding hydrogens is 328 g/mol. The average molecular weight is 352 g/mol. The lowest BCUT2D eigenvalue weighted by molar-refractivity contribution is -0.138. The first kappa shape index (κ1) is 18.0. The van der Waals surface area contributed by atoms with E-state index in [4.69, 9.17) is 0 Å². The van der Waals surface area contributed by atoms with Crippen molar-refractivity contribution in [1.29, 1.82) is 0 Å². The molecule has 2 atom stereocenters. The summed E-state index contributed by atoms with van der Waals surface area (Å²) in [4.78, 5) is 27.0. The highest BCUT2D eigenvalue weighted by atomic mass is 16.3. The Morgan fingerprint density at radius 2 is 1.96 bits per heavy atom. The quantitative estimate of drug-likeness (QED) is 0.869. The molecule has 5 nitrogen and oxygen atoms in total. The second kappa shape index (κ2) is 8.04. The van der Waals surface area contributed by atoms with Crippen LogP contribution in [0.2, 0.25) is 0 Å². The van der Waals surface area contributed by atoms with Gasteiger partial charge in [0.25, 0.3) is 0 Å². The van der Waals surface area contributed by atoms with Crippen molar-refractivity contribution in [1.82, 2.24) is 10.2 Å². The lowest BCUT2D eigenvalue weighted by Gasteiger charge is -2.26. The molecule has 26 heavy (non-hydrogen) atoms. The number of likely N-dealkylation sites (tertiary alicyclic amines) is 1. The molecule has 2 aromatic rings. The molecule has 1 fully saturated rings. The molecule has 2 amide bonds. The molecule has 0 aliphatic carbocycles. The van der Waals surface area contributed by atoms with Gasteiger partial charge in [-0.15, -0.1) is 0 Å². The number of phenolic OH excluding ortho intramolecular Hbond substituents is 1. The van der Waals surface area contributed by atoms with Crippen molar-refractivity contribution in [2.75, 3.05) is 6.54 Å². The summed E-state index contributed by atoms with van der Waals surface area (Å²) in [7, 11) is 0. The van der Waals surface area contributed by atoms with Crippen molar-refractivity contribution in [2.24, 2.45) is 0 Å². The van der Waals surface area contributed by atoms with Gasteiger partial charge in [-0.3, -0.25) is 9.59 Å². The van der Waals surface area contributed by atoms with Crippen molar-refractivity contribution in [3.63, 3.8) is 0 Å². The maximum absolute atomic E-state index is 12.7. The highest BCUT2D eigenvalue weighted by molar-refractivity contribution is 5.89. The summed E-state index contributed by atoms with van der Waals surface area (Å²) in [5, 5.41) is 12.6. The van der Waals surface area contributed by atoms with E-state index in [9.17, 15) is 14.7 Å². The summed E-state index contributed by atoms with van der Waals surface area (Å²) in [6, 6.07) is 15.8. The fourth-order valence-corrected chi connectivity index (χ4v) is 3.40.